The second-order valence-electron chi connectivity index (χ2n) is 6.66. The van der Waals surface area contributed by atoms with Gasteiger partial charge in [-0.1, -0.05) is 26.0 Å². The molecule has 1 N–H and O–H groups in total. The minimum Gasteiger partial charge on any atom is -0.379 e. The highest BCUT2D eigenvalue weighted by molar-refractivity contribution is 5.97. The van der Waals surface area contributed by atoms with Crippen molar-refractivity contribution in [3.8, 4) is 0 Å². The van der Waals surface area contributed by atoms with E-state index in [0.29, 0.717) is 12.5 Å². The largest absolute Gasteiger partial charge is 0.379 e. The lowest BCUT2D eigenvalue weighted by Gasteiger charge is -2.26. The smallest absolute Gasteiger partial charge is 0.240 e. The molecule has 1 aliphatic rings. The van der Waals surface area contributed by atoms with E-state index in [4.69, 9.17) is 4.74 Å². The minimum atomic E-state index is -0.142. The molecule has 1 fully saturated rings. The van der Waals surface area contributed by atoms with Crippen molar-refractivity contribution in [2.24, 2.45) is 0 Å². The van der Waals surface area contributed by atoms with E-state index in [1.165, 1.54) is 17.4 Å². The van der Waals surface area contributed by atoms with Crippen molar-refractivity contribution in [1.82, 2.24) is 10.2 Å². The van der Waals surface area contributed by atoms with Crippen LogP contribution in [0.15, 0.2) is 24.3 Å². The monoisotopic (exact) mass is 347 g/mol. The van der Waals surface area contributed by atoms with Crippen LogP contribution in [-0.2, 0) is 14.3 Å². The quantitative estimate of drug-likeness (QED) is 0.814. The molecule has 2 rings (SSSR count). The number of nitrogens with one attached hydrogen (secondary N) is 1. The van der Waals surface area contributed by atoms with Crippen LogP contribution in [0.5, 0.6) is 0 Å². The van der Waals surface area contributed by atoms with E-state index < -0.39 is 0 Å². The highest BCUT2D eigenvalue weighted by atomic mass is 16.5. The molecule has 1 heterocycles. The summed E-state index contributed by atoms with van der Waals surface area (Å²) in [4.78, 5) is 27.9. The molecule has 0 radical (unpaired) electrons. The van der Waals surface area contributed by atoms with Crippen molar-refractivity contribution in [3.63, 3.8) is 0 Å². The number of rotatable bonds is 7. The molecule has 1 aromatic carbocycles. The Morgan fingerprint density at radius 1 is 1.20 bits per heavy atom. The molecule has 1 saturated heterocycles. The molecule has 0 aliphatic carbocycles. The van der Waals surface area contributed by atoms with E-state index in [9.17, 15) is 9.59 Å². The number of hydrogen-bond acceptors (Lipinski definition) is 4. The number of amides is 2. The van der Waals surface area contributed by atoms with Gasteiger partial charge in [0.05, 0.1) is 13.2 Å². The number of benzene rings is 1. The third kappa shape index (κ3) is 6.14. The van der Waals surface area contributed by atoms with Gasteiger partial charge in [-0.05, 0) is 23.6 Å². The van der Waals surface area contributed by atoms with E-state index in [0.717, 1.165) is 38.5 Å². The van der Waals surface area contributed by atoms with Gasteiger partial charge >= 0.3 is 0 Å². The lowest BCUT2D eigenvalue weighted by molar-refractivity contribution is -0.123. The third-order valence-electron chi connectivity index (χ3n) is 4.41. The first-order chi connectivity index (χ1) is 12.0. The molecule has 1 aliphatic heterocycles. The molecular formula is C19H29N3O3. The Balaban J connectivity index is 1.85. The molecule has 6 nitrogen and oxygen atoms in total. The van der Waals surface area contributed by atoms with Crippen molar-refractivity contribution >= 4 is 17.5 Å². The van der Waals surface area contributed by atoms with Gasteiger partial charge in [0.15, 0.2) is 0 Å². The molecule has 0 bridgehead atoms. The van der Waals surface area contributed by atoms with Crippen LogP contribution in [0.1, 0.15) is 32.3 Å². The number of anilines is 1. The van der Waals surface area contributed by atoms with E-state index >= 15 is 0 Å². The predicted molar refractivity (Wildman–Crippen MR) is 98.8 cm³/mol. The molecule has 0 unspecified atom stereocenters. The van der Waals surface area contributed by atoms with Crippen molar-refractivity contribution in [3.05, 3.63) is 29.8 Å². The zero-order valence-electron chi connectivity index (χ0n) is 15.5. The molecule has 0 atom stereocenters. The molecule has 138 valence electrons. The van der Waals surface area contributed by atoms with Gasteiger partial charge in [0.1, 0.15) is 6.54 Å². The number of ether oxygens (including phenoxy) is 1. The van der Waals surface area contributed by atoms with Gasteiger partial charge in [0.25, 0.3) is 0 Å². The Morgan fingerprint density at radius 3 is 2.40 bits per heavy atom. The number of carbonyl (C=O) groups is 2. The standard InChI is InChI=1S/C19H29N3O3/c1-15(2)17-4-6-18(7-5-17)22(16(3)23)14-19(24)20-8-9-21-10-12-25-13-11-21/h4-7,15H,8-14H2,1-3H3,(H,20,24). The summed E-state index contributed by atoms with van der Waals surface area (Å²) in [5.41, 5.74) is 1.96. The predicted octanol–water partition coefficient (Wildman–Crippen LogP) is 1.61. The van der Waals surface area contributed by atoms with E-state index in [1.807, 2.05) is 24.3 Å². The van der Waals surface area contributed by atoms with Gasteiger partial charge in [-0.15, -0.1) is 0 Å². The van der Waals surface area contributed by atoms with E-state index in [-0.39, 0.29) is 18.4 Å². The summed E-state index contributed by atoms with van der Waals surface area (Å²) in [6, 6.07) is 7.81. The fourth-order valence-corrected chi connectivity index (χ4v) is 2.80. The van der Waals surface area contributed by atoms with Crippen LogP contribution in [0.2, 0.25) is 0 Å². The molecule has 0 aromatic heterocycles. The van der Waals surface area contributed by atoms with Crippen molar-refractivity contribution in [2.75, 3.05) is 50.8 Å². The Bertz CT molecular complexity index is 566. The fraction of sp³-hybridized carbons (Fsp3) is 0.579. The van der Waals surface area contributed by atoms with Crippen molar-refractivity contribution < 1.29 is 14.3 Å². The summed E-state index contributed by atoms with van der Waals surface area (Å²) >= 11 is 0. The van der Waals surface area contributed by atoms with Gasteiger partial charge in [-0.25, -0.2) is 0 Å². The Labute approximate surface area is 150 Å². The average molecular weight is 347 g/mol. The second kappa shape index (κ2) is 9.53. The van der Waals surface area contributed by atoms with Crippen LogP contribution in [0.4, 0.5) is 5.69 Å². The summed E-state index contributed by atoms with van der Waals surface area (Å²) in [6.07, 6.45) is 0. The van der Waals surface area contributed by atoms with Crippen LogP contribution in [0.25, 0.3) is 0 Å². The van der Waals surface area contributed by atoms with Gasteiger partial charge in [-0.3, -0.25) is 14.5 Å². The maximum Gasteiger partial charge on any atom is 0.240 e. The highest BCUT2D eigenvalue weighted by Gasteiger charge is 2.16. The average Bonchev–Trinajstić information content (AvgIpc) is 2.60. The van der Waals surface area contributed by atoms with Gasteiger partial charge in [0, 0.05) is 38.8 Å². The minimum absolute atomic E-state index is 0.0411. The molecular weight excluding hydrogens is 318 g/mol. The summed E-state index contributed by atoms with van der Waals surface area (Å²) in [6.45, 7) is 10.5. The van der Waals surface area contributed by atoms with Crippen LogP contribution >= 0.6 is 0 Å². The van der Waals surface area contributed by atoms with Gasteiger partial charge in [0.2, 0.25) is 11.8 Å². The van der Waals surface area contributed by atoms with Crippen molar-refractivity contribution in [2.45, 2.75) is 26.7 Å². The zero-order chi connectivity index (χ0) is 18.2. The molecule has 2 amide bonds. The van der Waals surface area contributed by atoms with Crippen LogP contribution in [0, 0.1) is 0 Å². The lowest BCUT2D eigenvalue weighted by atomic mass is 10.0. The van der Waals surface area contributed by atoms with Crippen LogP contribution < -0.4 is 10.2 Å². The normalized spacial score (nSPS) is 15.2. The number of morpholine rings is 1. The first kappa shape index (κ1) is 19.4. The first-order valence-corrected chi connectivity index (χ1v) is 8.92. The zero-order valence-corrected chi connectivity index (χ0v) is 15.5. The molecule has 0 saturated carbocycles. The summed E-state index contributed by atoms with van der Waals surface area (Å²) < 4.78 is 5.30. The first-order valence-electron chi connectivity index (χ1n) is 8.92. The SMILES string of the molecule is CC(=O)N(CC(=O)NCCN1CCOCC1)c1ccc(C(C)C)cc1. The Morgan fingerprint density at radius 2 is 1.84 bits per heavy atom. The lowest BCUT2D eigenvalue weighted by Crippen LogP contribution is -2.44. The maximum absolute atomic E-state index is 12.2. The summed E-state index contributed by atoms with van der Waals surface area (Å²) in [5, 5.41) is 2.90. The number of carbonyl (C=O) groups excluding carboxylic acids is 2. The van der Waals surface area contributed by atoms with Crippen molar-refractivity contribution in [1.29, 1.82) is 0 Å². The summed E-state index contributed by atoms with van der Waals surface area (Å²) in [5.74, 6) is 0.153. The van der Waals surface area contributed by atoms with E-state index in [1.54, 1.807) is 0 Å². The highest BCUT2D eigenvalue weighted by Crippen LogP contribution is 2.20. The fourth-order valence-electron chi connectivity index (χ4n) is 2.80. The maximum atomic E-state index is 12.2. The van der Waals surface area contributed by atoms with Gasteiger partial charge < -0.3 is 15.0 Å². The summed E-state index contributed by atoms with van der Waals surface area (Å²) in [7, 11) is 0. The molecule has 0 spiro atoms. The Hall–Kier alpha value is -1.92. The van der Waals surface area contributed by atoms with Crippen LogP contribution in [-0.4, -0.2) is 62.7 Å². The molecule has 1 aromatic rings. The molecule has 25 heavy (non-hydrogen) atoms. The van der Waals surface area contributed by atoms with Gasteiger partial charge in [-0.2, -0.15) is 0 Å². The number of hydrogen-bond donors (Lipinski definition) is 1. The van der Waals surface area contributed by atoms with Crippen LogP contribution in [0.3, 0.4) is 0 Å². The molecule has 6 heteroatoms. The second-order valence-corrected chi connectivity index (χ2v) is 6.66. The topological polar surface area (TPSA) is 61.9 Å². The number of nitrogens with zero attached hydrogens (tertiary/aromatic N) is 2. The van der Waals surface area contributed by atoms with E-state index in [2.05, 4.69) is 24.1 Å². The Kier molecular flexibility index (Phi) is 7.40. The third-order valence-corrected chi connectivity index (χ3v) is 4.41.